The fourth-order valence-corrected chi connectivity index (χ4v) is 2.51. The number of hydrogen-bond donors (Lipinski definition) is 1. The third-order valence-electron chi connectivity index (χ3n) is 3.75. The van der Waals surface area contributed by atoms with Crippen molar-refractivity contribution in [3.8, 4) is 5.75 Å². The second-order valence-corrected chi connectivity index (χ2v) is 11.1. The summed E-state index contributed by atoms with van der Waals surface area (Å²) in [6, 6.07) is 5.06. The normalized spacial score (nSPS) is 12.2. The van der Waals surface area contributed by atoms with Crippen molar-refractivity contribution in [3.05, 3.63) is 29.3 Å². The van der Waals surface area contributed by atoms with E-state index < -0.39 is 14.3 Å². The minimum atomic E-state index is -1.98. The highest BCUT2D eigenvalue weighted by Crippen LogP contribution is 2.37. The largest absolute Gasteiger partial charge is 0.543 e. The van der Waals surface area contributed by atoms with Gasteiger partial charge in [-0.2, -0.15) is 0 Å². The summed E-state index contributed by atoms with van der Waals surface area (Å²) in [5.41, 5.74) is 1.04. The van der Waals surface area contributed by atoms with Gasteiger partial charge in [0.05, 0.1) is 19.3 Å². The summed E-state index contributed by atoms with van der Waals surface area (Å²) in [6.07, 6.45) is 0. The van der Waals surface area contributed by atoms with E-state index in [0.29, 0.717) is 16.9 Å². The summed E-state index contributed by atoms with van der Waals surface area (Å²) in [4.78, 5) is 11.6. The van der Waals surface area contributed by atoms with Crippen LogP contribution in [0.4, 0.5) is 0 Å². The molecule has 1 N–H and O–H groups in total. The van der Waals surface area contributed by atoms with Crippen molar-refractivity contribution in [1.82, 2.24) is 0 Å². The maximum atomic E-state index is 11.6. The van der Waals surface area contributed by atoms with Crippen LogP contribution in [0.15, 0.2) is 18.2 Å². The molecular weight excluding hydrogens is 272 g/mol. The predicted octanol–water partition coefficient (Wildman–Crippen LogP) is 3.35. The Labute approximate surface area is 121 Å². The summed E-state index contributed by atoms with van der Waals surface area (Å²) in [6.45, 7) is 10.6. The Kier molecular flexibility index (Phi) is 4.99. The molecule has 20 heavy (non-hydrogen) atoms. The number of hydrogen-bond acceptors (Lipinski definition) is 4. The average molecular weight is 296 g/mol. The molecule has 5 heteroatoms. The summed E-state index contributed by atoms with van der Waals surface area (Å²) < 4.78 is 10.9. The Bertz CT molecular complexity index is 489. The van der Waals surface area contributed by atoms with E-state index in [2.05, 4.69) is 33.9 Å². The first kappa shape index (κ1) is 16.7. The van der Waals surface area contributed by atoms with E-state index in [1.165, 1.54) is 7.11 Å². The van der Waals surface area contributed by atoms with Crippen molar-refractivity contribution in [2.45, 2.75) is 45.5 Å². The molecule has 0 atom stereocenters. The van der Waals surface area contributed by atoms with Gasteiger partial charge in [0, 0.05) is 0 Å². The molecule has 0 heterocycles. The number of methoxy groups -OCH3 is 1. The van der Waals surface area contributed by atoms with Gasteiger partial charge in [0.15, 0.2) is 0 Å². The highest BCUT2D eigenvalue weighted by molar-refractivity contribution is 6.74. The van der Waals surface area contributed by atoms with Gasteiger partial charge in [-0.3, -0.25) is 0 Å². The van der Waals surface area contributed by atoms with Gasteiger partial charge in [-0.05, 0) is 41.9 Å². The summed E-state index contributed by atoms with van der Waals surface area (Å²) in [7, 11) is -0.647. The Morgan fingerprint density at radius 3 is 2.30 bits per heavy atom. The number of carbonyl (C=O) groups excluding carboxylic acids is 1. The van der Waals surface area contributed by atoms with Crippen LogP contribution in [0.25, 0.3) is 0 Å². The number of esters is 1. The number of carbonyl (C=O) groups is 1. The molecule has 0 aliphatic rings. The van der Waals surface area contributed by atoms with E-state index in [-0.39, 0.29) is 11.6 Å². The average Bonchev–Trinajstić information content (AvgIpc) is 2.35. The van der Waals surface area contributed by atoms with Crippen molar-refractivity contribution in [1.29, 1.82) is 0 Å². The second-order valence-electron chi connectivity index (χ2n) is 6.38. The maximum Gasteiger partial charge on any atom is 0.337 e. The smallest absolute Gasteiger partial charge is 0.337 e. The lowest BCUT2D eigenvalue weighted by molar-refractivity contribution is 0.0600. The SMILES string of the molecule is COC(=O)c1cc(CO)cc(O[Si](C)(C)C(C)(C)C)c1. The number of benzene rings is 1. The zero-order valence-electron chi connectivity index (χ0n) is 13.1. The molecule has 0 bridgehead atoms. The first-order chi connectivity index (χ1) is 9.10. The van der Waals surface area contributed by atoms with Crippen molar-refractivity contribution in [2.75, 3.05) is 7.11 Å². The van der Waals surface area contributed by atoms with Gasteiger partial charge >= 0.3 is 5.97 Å². The molecule has 0 saturated heterocycles. The van der Waals surface area contributed by atoms with Crippen LogP contribution in [-0.2, 0) is 11.3 Å². The van der Waals surface area contributed by atoms with Crippen molar-refractivity contribution in [2.24, 2.45) is 0 Å². The number of ether oxygens (including phenoxy) is 1. The third-order valence-corrected chi connectivity index (χ3v) is 8.11. The molecule has 0 aliphatic heterocycles. The van der Waals surface area contributed by atoms with Gasteiger partial charge in [0.25, 0.3) is 0 Å². The fraction of sp³-hybridized carbons (Fsp3) is 0.533. The molecular formula is C15H24O4Si. The van der Waals surface area contributed by atoms with Crippen LogP contribution in [0.3, 0.4) is 0 Å². The molecule has 0 fully saturated rings. The molecule has 0 unspecified atom stereocenters. The standard InChI is InChI=1S/C15H24O4Si/c1-15(2,3)20(5,6)19-13-8-11(10-16)7-12(9-13)14(17)18-4/h7-9,16H,10H2,1-6H3. The molecule has 0 radical (unpaired) electrons. The van der Waals surface area contributed by atoms with Crippen molar-refractivity contribution < 1.29 is 19.1 Å². The molecule has 112 valence electrons. The van der Waals surface area contributed by atoms with Gasteiger partial charge in [-0.15, -0.1) is 0 Å². The Balaban J connectivity index is 3.16. The van der Waals surface area contributed by atoms with Crippen LogP contribution in [0.5, 0.6) is 5.75 Å². The Morgan fingerprint density at radius 1 is 1.25 bits per heavy atom. The maximum absolute atomic E-state index is 11.6. The van der Waals surface area contributed by atoms with E-state index in [4.69, 9.17) is 9.16 Å². The molecule has 0 saturated carbocycles. The van der Waals surface area contributed by atoms with Gasteiger partial charge in [-0.25, -0.2) is 4.79 Å². The van der Waals surface area contributed by atoms with Gasteiger partial charge in [0.1, 0.15) is 5.75 Å². The van der Waals surface area contributed by atoms with Gasteiger partial charge in [-0.1, -0.05) is 20.8 Å². The van der Waals surface area contributed by atoms with Gasteiger partial charge in [0.2, 0.25) is 8.32 Å². The number of rotatable bonds is 4. The highest BCUT2D eigenvalue weighted by atomic mass is 28.4. The highest BCUT2D eigenvalue weighted by Gasteiger charge is 2.39. The topological polar surface area (TPSA) is 55.8 Å². The second kappa shape index (κ2) is 5.97. The Hall–Kier alpha value is -1.33. The zero-order chi connectivity index (χ0) is 15.6. The van der Waals surface area contributed by atoms with E-state index >= 15 is 0 Å². The van der Waals surface area contributed by atoms with Crippen LogP contribution in [0.2, 0.25) is 18.1 Å². The van der Waals surface area contributed by atoms with E-state index in [1.807, 2.05) is 0 Å². The Morgan fingerprint density at radius 2 is 1.85 bits per heavy atom. The molecule has 0 spiro atoms. The van der Waals surface area contributed by atoms with Crippen LogP contribution in [0, 0.1) is 0 Å². The van der Waals surface area contributed by atoms with Crippen molar-refractivity contribution >= 4 is 14.3 Å². The lowest BCUT2D eigenvalue weighted by atomic mass is 10.1. The summed E-state index contributed by atoms with van der Waals surface area (Å²) in [5, 5.41) is 9.37. The van der Waals surface area contributed by atoms with Gasteiger partial charge < -0.3 is 14.3 Å². The van der Waals surface area contributed by atoms with E-state index in [9.17, 15) is 9.90 Å². The quantitative estimate of drug-likeness (QED) is 0.684. The van der Waals surface area contributed by atoms with Crippen LogP contribution >= 0.6 is 0 Å². The van der Waals surface area contributed by atoms with Crippen molar-refractivity contribution in [3.63, 3.8) is 0 Å². The molecule has 4 nitrogen and oxygen atoms in total. The molecule has 0 aromatic heterocycles. The lowest BCUT2D eigenvalue weighted by Gasteiger charge is -2.36. The van der Waals surface area contributed by atoms with E-state index in [1.54, 1.807) is 18.2 Å². The predicted molar refractivity (Wildman–Crippen MR) is 81.5 cm³/mol. The first-order valence-electron chi connectivity index (χ1n) is 6.63. The summed E-state index contributed by atoms with van der Waals surface area (Å²) >= 11 is 0. The van der Waals surface area contributed by atoms with E-state index in [0.717, 1.165) is 0 Å². The monoisotopic (exact) mass is 296 g/mol. The lowest BCUT2D eigenvalue weighted by Crippen LogP contribution is -2.43. The van der Waals surface area contributed by atoms with Crippen LogP contribution in [-0.4, -0.2) is 26.5 Å². The summed E-state index contributed by atoms with van der Waals surface area (Å²) in [5.74, 6) is 0.184. The first-order valence-corrected chi connectivity index (χ1v) is 9.53. The third kappa shape index (κ3) is 3.83. The minimum Gasteiger partial charge on any atom is -0.543 e. The number of aliphatic hydroxyl groups is 1. The molecule has 0 amide bonds. The number of aliphatic hydroxyl groups excluding tert-OH is 1. The molecule has 1 rings (SSSR count). The fourth-order valence-electron chi connectivity index (χ4n) is 1.49. The zero-order valence-corrected chi connectivity index (χ0v) is 14.1. The minimum absolute atomic E-state index is 0.0631. The molecule has 1 aromatic carbocycles. The van der Waals surface area contributed by atoms with Crippen LogP contribution in [0.1, 0.15) is 36.7 Å². The van der Waals surface area contributed by atoms with Crippen LogP contribution < -0.4 is 4.43 Å². The molecule has 1 aromatic rings. The molecule has 0 aliphatic carbocycles.